The van der Waals surface area contributed by atoms with Crippen molar-refractivity contribution in [2.24, 2.45) is 0 Å². The van der Waals surface area contributed by atoms with Gasteiger partial charge in [0.25, 0.3) is 5.91 Å². The molecule has 1 amide bonds. The molecule has 1 atom stereocenters. The number of halogens is 3. The largest absolute Gasteiger partial charge is 0.417 e. The standard InChI is InChI=1S/C37H35F3N2O2S/c1-36(2,3)29-18-16-26(17-19-29)31(22-24-8-10-28(11-9-24)35(43)41-20-21-45)33-23-34(44-42-33)27-14-12-25(13-15-27)30-6-4-5-7-32(30)37(38,39)40/h4-19,23,31,45H,20-22H2,1-3H3,(H,41,43). The fourth-order valence-corrected chi connectivity index (χ4v) is 5.41. The molecule has 5 rings (SSSR count). The Balaban J connectivity index is 1.44. The van der Waals surface area contributed by atoms with Crippen LogP contribution in [0.25, 0.3) is 22.5 Å². The van der Waals surface area contributed by atoms with Gasteiger partial charge in [0.2, 0.25) is 0 Å². The van der Waals surface area contributed by atoms with Gasteiger partial charge in [-0.1, -0.05) is 105 Å². The van der Waals surface area contributed by atoms with Gasteiger partial charge in [0, 0.05) is 35.4 Å². The number of carbonyl (C=O) groups excluding carboxylic acids is 1. The van der Waals surface area contributed by atoms with Crippen molar-refractivity contribution in [1.82, 2.24) is 10.5 Å². The Morgan fingerprint density at radius 1 is 0.867 bits per heavy atom. The molecule has 1 heterocycles. The molecule has 0 aliphatic rings. The van der Waals surface area contributed by atoms with Crippen LogP contribution >= 0.6 is 12.6 Å². The number of aromatic nitrogens is 1. The summed E-state index contributed by atoms with van der Waals surface area (Å²) >= 11 is 4.14. The molecule has 5 aromatic rings. The highest BCUT2D eigenvalue weighted by molar-refractivity contribution is 7.80. The summed E-state index contributed by atoms with van der Waals surface area (Å²) in [6.45, 7) is 7.01. The molecule has 0 bridgehead atoms. The lowest BCUT2D eigenvalue weighted by Crippen LogP contribution is -2.25. The first kappa shape index (κ1) is 32.1. The number of benzene rings is 4. The van der Waals surface area contributed by atoms with Gasteiger partial charge in [0.15, 0.2) is 5.76 Å². The van der Waals surface area contributed by atoms with Crippen LogP contribution in [0.4, 0.5) is 13.2 Å². The Hall–Kier alpha value is -4.30. The second-order valence-electron chi connectivity index (χ2n) is 12.0. The molecule has 0 fully saturated rings. The van der Waals surface area contributed by atoms with Gasteiger partial charge in [-0.05, 0) is 57.9 Å². The maximum Gasteiger partial charge on any atom is 0.417 e. The number of nitrogens with zero attached hydrogens (tertiary/aromatic N) is 1. The summed E-state index contributed by atoms with van der Waals surface area (Å²) < 4.78 is 46.6. The summed E-state index contributed by atoms with van der Waals surface area (Å²) in [6.07, 6.45) is -3.83. The summed E-state index contributed by atoms with van der Waals surface area (Å²) in [4.78, 5) is 12.4. The summed E-state index contributed by atoms with van der Waals surface area (Å²) in [6, 6.07) is 30.3. The van der Waals surface area contributed by atoms with Crippen LogP contribution in [-0.2, 0) is 18.0 Å². The summed E-state index contributed by atoms with van der Waals surface area (Å²) in [5.41, 5.74) is 5.25. The van der Waals surface area contributed by atoms with Crippen molar-refractivity contribution in [1.29, 1.82) is 0 Å². The van der Waals surface area contributed by atoms with Gasteiger partial charge < -0.3 is 9.84 Å². The molecule has 0 radical (unpaired) electrons. The van der Waals surface area contributed by atoms with Gasteiger partial charge in [-0.3, -0.25) is 4.79 Å². The van der Waals surface area contributed by atoms with Gasteiger partial charge in [-0.25, -0.2) is 0 Å². The first-order valence-corrected chi connectivity index (χ1v) is 15.4. The molecule has 232 valence electrons. The molecule has 0 aliphatic carbocycles. The van der Waals surface area contributed by atoms with Crippen molar-refractivity contribution < 1.29 is 22.5 Å². The number of rotatable bonds is 9. The fourth-order valence-electron chi connectivity index (χ4n) is 5.29. The maximum absolute atomic E-state index is 13.6. The van der Waals surface area contributed by atoms with E-state index in [1.165, 1.54) is 17.7 Å². The van der Waals surface area contributed by atoms with E-state index in [0.29, 0.717) is 41.2 Å². The molecule has 0 saturated heterocycles. The monoisotopic (exact) mass is 628 g/mol. The van der Waals surface area contributed by atoms with Crippen molar-refractivity contribution >= 4 is 18.5 Å². The third kappa shape index (κ3) is 7.68. The first-order chi connectivity index (χ1) is 21.4. The van der Waals surface area contributed by atoms with Crippen LogP contribution in [0.15, 0.2) is 108 Å². The van der Waals surface area contributed by atoms with Crippen LogP contribution < -0.4 is 5.32 Å². The minimum Gasteiger partial charge on any atom is -0.356 e. The molecule has 0 spiro atoms. The molecule has 8 heteroatoms. The van der Waals surface area contributed by atoms with Gasteiger partial charge in [0.05, 0.1) is 11.3 Å². The van der Waals surface area contributed by atoms with Crippen LogP contribution in [0.2, 0.25) is 0 Å². The van der Waals surface area contributed by atoms with Gasteiger partial charge in [-0.15, -0.1) is 0 Å². The lowest BCUT2D eigenvalue weighted by molar-refractivity contribution is -0.137. The zero-order valence-corrected chi connectivity index (χ0v) is 26.3. The second kappa shape index (κ2) is 13.4. The normalized spacial score (nSPS) is 12.6. The smallest absolute Gasteiger partial charge is 0.356 e. The number of thiol groups is 1. The first-order valence-electron chi connectivity index (χ1n) is 14.8. The molecule has 0 saturated carbocycles. The van der Waals surface area contributed by atoms with Crippen LogP contribution in [0, 0.1) is 0 Å². The van der Waals surface area contributed by atoms with E-state index in [9.17, 15) is 18.0 Å². The highest BCUT2D eigenvalue weighted by Crippen LogP contribution is 2.38. The number of alkyl halides is 3. The minimum absolute atomic E-state index is 0.00519. The quantitative estimate of drug-likeness (QED) is 0.160. The molecular weight excluding hydrogens is 593 g/mol. The van der Waals surface area contributed by atoms with E-state index < -0.39 is 11.7 Å². The average Bonchev–Trinajstić information content (AvgIpc) is 3.52. The van der Waals surface area contributed by atoms with Crippen molar-refractivity contribution in [2.75, 3.05) is 12.3 Å². The Labute approximate surface area is 267 Å². The number of hydrogen-bond acceptors (Lipinski definition) is 4. The maximum atomic E-state index is 13.6. The Morgan fingerprint density at radius 3 is 2.13 bits per heavy atom. The Kier molecular flexibility index (Phi) is 9.53. The fraction of sp³-hybridized carbons (Fsp3) is 0.243. The molecule has 1 N–H and O–H groups in total. The highest BCUT2D eigenvalue weighted by atomic mass is 32.1. The minimum atomic E-state index is -4.45. The molecule has 4 nitrogen and oxygen atoms in total. The molecular formula is C37H35F3N2O2S. The van der Waals surface area contributed by atoms with E-state index in [1.807, 2.05) is 30.3 Å². The lowest BCUT2D eigenvalue weighted by atomic mass is 9.83. The molecule has 0 aliphatic heterocycles. The third-order valence-electron chi connectivity index (χ3n) is 7.83. The predicted octanol–water partition coefficient (Wildman–Crippen LogP) is 9.36. The summed E-state index contributed by atoms with van der Waals surface area (Å²) in [5, 5.41) is 7.28. The third-order valence-corrected chi connectivity index (χ3v) is 8.05. The average molecular weight is 629 g/mol. The zero-order chi connectivity index (χ0) is 32.2. The van der Waals surface area contributed by atoms with Crippen molar-refractivity contribution in [3.8, 4) is 22.5 Å². The SMILES string of the molecule is CC(C)(C)c1ccc(C(Cc2ccc(C(=O)NCCS)cc2)c2cc(-c3ccc(-c4ccccc4C(F)(F)F)cc3)on2)cc1. The number of carbonyl (C=O) groups is 1. The summed E-state index contributed by atoms with van der Waals surface area (Å²) in [7, 11) is 0. The van der Waals surface area contributed by atoms with Crippen LogP contribution in [0.5, 0.6) is 0 Å². The van der Waals surface area contributed by atoms with Crippen molar-refractivity contribution in [3.63, 3.8) is 0 Å². The van der Waals surface area contributed by atoms with Gasteiger partial charge in [0.1, 0.15) is 0 Å². The summed E-state index contributed by atoms with van der Waals surface area (Å²) in [5.74, 6) is 0.806. The lowest BCUT2D eigenvalue weighted by Gasteiger charge is -2.21. The second-order valence-corrected chi connectivity index (χ2v) is 12.5. The topological polar surface area (TPSA) is 55.1 Å². The van der Waals surface area contributed by atoms with E-state index in [0.717, 1.165) is 22.9 Å². The molecule has 45 heavy (non-hydrogen) atoms. The van der Waals surface area contributed by atoms with E-state index in [2.05, 4.69) is 68.1 Å². The predicted molar refractivity (Wildman–Crippen MR) is 176 cm³/mol. The van der Waals surface area contributed by atoms with E-state index in [4.69, 9.17) is 4.52 Å². The van der Waals surface area contributed by atoms with Gasteiger partial charge >= 0.3 is 6.18 Å². The van der Waals surface area contributed by atoms with Crippen molar-refractivity contribution in [3.05, 3.63) is 137 Å². The number of hydrogen-bond donors (Lipinski definition) is 2. The zero-order valence-electron chi connectivity index (χ0n) is 25.4. The van der Waals surface area contributed by atoms with Gasteiger partial charge in [-0.2, -0.15) is 25.8 Å². The van der Waals surface area contributed by atoms with Crippen molar-refractivity contribution in [2.45, 2.75) is 44.7 Å². The molecule has 4 aromatic carbocycles. The highest BCUT2D eigenvalue weighted by Gasteiger charge is 2.33. The van der Waals surface area contributed by atoms with E-state index in [-0.39, 0.29) is 22.8 Å². The Bertz CT molecular complexity index is 1740. The number of nitrogens with one attached hydrogen (secondary N) is 1. The number of amides is 1. The van der Waals surface area contributed by atoms with E-state index >= 15 is 0 Å². The molecule has 1 unspecified atom stereocenters. The van der Waals surface area contributed by atoms with Crippen LogP contribution in [0.1, 0.15) is 65.0 Å². The van der Waals surface area contributed by atoms with Crippen LogP contribution in [0.3, 0.4) is 0 Å². The van der Waals surface area contributed by atoms with Crippen LogP contribution in [-0.4, -0.2) is 23.4 Å². The Morgan fingerprint density at radius 2 is 1.51 bits per heavy atom. The van der Waals surface area contributed by atoms with E-state index in [1.54, 1.807) is 30.3 Å². The molecule has 1 aromatic heterocycles.